The van der Waals surface area contributed by atoms with Gasteiger partial charge in [-0.2, -0.15) is 0 Å². The van der Waals surface area contributed by atoms with Gasteiger partial charge < -0.3 is 10.1 Å². The van der Waals surface area contributed by atoms with Crippen LogP contribution in [0, 0.1) is 12.8 Å². The Morgan fingerprint density at radius 2 is 1.72 bits per heavy atom. The zero-order valence-electron chi connectivity index (χ0n) is 20.8. The number of hydrogen-bond acceptors (Lipinski definition) is 3. The molecule has 0 spiro atoms. The minimum absolute atomic E-state index is 0.187. The monoisotopic (exact) mass is 478 g/mol. The third-order valence-electron chi connectivity index (χ3n) is 4.41. The largest absolute Gasteiger partial charge is 0.573 e. The van der Waals surface area contributed by atoms with Crippen LogP contribution >= 0.6 is 11.6 Å². The molecule has 1 N–H and O–H groups in total. The molecule has 7 heteroatoms. The molecule has 0 aliphatic carbocycles. The first-order chi connectivity index (χ1) is 15.0. The van der Waals surface area contributed by atoms with Crippen LogP contribution in [0.2, 0.25) is 0 Å². The predicted octanol–water partition coefficient (Wildman–Crippen LogP) is 8.32. The minimum Gasteiger partial charge on any atom is -0.406 e. The van der Waals surface area contributed by atoms with E-state index in [1.54, 1.807) is 32.3 Å². The van der Waals surface area contributed by atoms with E-state index in [-0.39, 0.29) is 5.75 Å². The summed E-state index contributed by atoms with van der Waals surface area (Å²) in [6, 6.07) is 5.67. The molecule has 0 bridgehead atoms. The number of rotatable bonds is 10. The molecule has 0 aliphatic rings. The highest BCUT2D eigenvalue weighted by molar-refractivity contribution is 6.31. The van der Waals surface area contributed by atoms with E-state index in [0.717, 1.165) is 34.9 Å². The molecular formula is C25H42ClF3N2O. The summed E-state index contributed by atoms with van der Waals surface area (Å²) in [4.78, 5) is 3.87. The Labute approximate surface area is 198 Å². The Morgan fingerprint density at radius 3 is 2.16 bits per heavy atom. The fourth-order valence-corrected chi connectivity index (χ4v) is 2.51. The van der Waals surface area contributed by atoms with E-state index >= 15 is 0 Å². The SMILES string of the molecule is CCC/C(Cl)=C(/C)C=NC.CCCNCCC(C)CC.Cc1ccc(OC(F)(F)F)cc1. The molecule has 1 aromatic carbocycles. The first kappa shape index (κ1) is 32.6. The van der Waals surface area contributed by atoms with Crippen LogP contribution in [0.1, 0.15) is 72.3 Å². The molecule has 1 atom stereocenters. The highest BCUT2D eigenvalue weighted by atomic mass is 35.5. The molecule has 1 unspecified atom stereocenters. The second-order valence-electron chi connectivity index (χ2n) is 7.64. The van der Waals surface area contributed by atoms with Crippen molar-refractivity contribution in [2.45, 2.75) is 80.0 Å². The molecular weight excluding hydrogens is 437 g/mol. The van der Waals surface area contributed by atoms with Crippen molar-refractivity contribution in [2.24, 2.45) is 10.9 Å². The van der Waals surface area contributed by atoms with E-state index in [1.807, 2.05) is 6.92 Å². The lowest BCUT2D eigenvalue weighted by atomic mass is 10.1. The van der Waals surface area contributed by atoms with Gasteiger partial charge in [-0.05, 0) is 69.8 Å². The van der Waals surface area contributed by atoms with Crippen LogP contribution in [0.5, 0.6) is 5.75 Å². The summed E-state index contributed by atoms with van der Waals surface area (Å²) in [5.41, 5.74) is 1.97. The number of benzene rings is 1. The zero-order valence-corrected chi connectivity index (χ0v) is 21.5. The molecule has 0 aliphatic heterocycles. The lowest BCUT2D eigenvalue weighted by Gasteiger charge is -2.08. The summed E-state index contributed by atoms with van der Waals surface area (Å²) < 4.78 is 38.5. The number of aryl methyl sites for hydroxylation is 1. The Morgan fingerprint density at radius 1 is 1.12 bits per heavy atom. The van der Waals surface area contributed by atoms with Gasteiger partial charge in [0.2, 0.25) is 0 Å². The van der Waals surface area contributed by atoms with Crippen LogP contribution < -0.4 is 10.1 Å². The molecule has 0 saturated carbocycles. The molecule has 1 rings (SSSR count). The second-order valence-corrected chi connectivity index (χ2v) is 8.09. The zero-order chi connectivity index (χ0) is 25.0. The van der Waals surface area contributed by atoms with E-state index in [0.29, 0.717) is 0 Å². The van der Waals surface area contributed by atoms with Crippen LogP contribution in [0.25, 0.3) is 0 Å². The number of aliphatic imine (C=N–C) groups is 1. The number of nitrogens with zero attached hydrogens (tertiary/aromatic N) is 1. The van der Waals surface area contributed by atoms with Gasteiger partial charge in [-0.3, -0.25) is 4.99 Å². The van der Waals surface area contributed by atoms with Crippen molar-refractivity contribution in [3.8, 4) is 5.75 Å². The summed E-state index contributed by atoms with van der Waals surface area (Å²) in [6.45, 7) is 15.0. The molecule has 0 fully saturated rings. The lowest BCUT2D eigenvalue weighted by molar-refractivity contribution is -0.274. The highest BCUT2D eigenvalue weighted by Crippen LogP contribution is 2.22. The summed E-state index contributed by atoms with van der Waals surface area (Å²) in [7, 11) is 1.75. The fourth-order valence-electron chi connectivity index (χ4n) is 2.27. The maximum absolute atomic E-state index is 11.6. The van der Waals surface area contributed by atoms with E-state index in [2.05, 4.69) is 42.7 Å². The molecule has 0 saturated heterocycles. The van der Waals surface area contributed by atoms with E-state index < -0.39 is 6.36 Å². The van der Waals surface area contributed by atoms with Crippen LogP contribution in [0.4, 0.5) is 13.2 Å². The van der Waals surface area contributed by atoms with Crippen LogP contribution in [0.3, 0.4) is 0 Å². The number of halogens is 4. The Bertz CT molecular complexity index is 629. The minimum atomic E-state index is -4.60. The average Bonchev–Trinajstić information content (AvgIpc) is 2.73. The third-order valence-corrected chi connectivity index (χ3v) is 4.90. The van der Waals surface area contributed by atoms with Gasteiger partial charge >= 0.3 is 6.36 Å². The van der Waals surface area contributed by atoms with E-state index in [4.69, 9.17) is 11.6 Å². The van der Waals surface area contributed by atoms with Crippen molar-refractivity contribution in [1.82, 2.24) is 5.32 Å². The van der Waals surface area contributed by atoms with E-state index in [9.17, 15) is 13.2 Å². The van der Waals surface area contributed by atoms with Crippen LogP contribution in [0.15, 0.2) is 39.9 Å². The van der Waals surface area contributed by atoms with Crippen molar-refractivity contribution >= 4 is 17.8 Å². The lowest BCUT2D eigenvalue weighted by Crippen LogP contribution is -2.17. The maximum Gasteiger partial charge on any atom is 0.573 e. The smallest absolute Gasteiger partial charge is 0.406 e. The van der Waals surface area contributed by atoms with Gasteiger partial charge in [0, 0.05) is 18.3 Å². The number of hydrogen-bond donors (Lipinski definition) is 1. The maximum atomic E-state index is 11.6. The van der Waals surface area contributed by atoms with Crippen molar-refractivity contribution in [3.63, 3.8) is 0 Å². The van der Waals surface area contributed by atoms with Gasteiger partial charge in [0.25, 0.3) is 0 Å². The molecule has 0 radical (unpaired) electrons. The Balaban J connectivity index is 0. The van der Waals surface area contributed by atoms with Gasteiger partial charge in [-0.25, -0.2) is 0 Å². The first-order valence-corrected chi connectivity index (χ1v) is 11.7. The second kappa shape index (κ2) is 20.1. The number of alkyl halides is 3. The summed E-state index contributed by atoms with van der Waals surface area (Å²) >= 11 is 5.90. The van der Waals surface area contributed by atoms with E-state index in [1.165, 1.54) is 44.5 Å². The van der Waals surface area contributed by atoms with Crippen molar-refractivity contribution in [3.05, 3.63) is 40.4 Å². The van der Waals surface area contributed by atoms with Gasteiger partial charge in [0.15, 0.2) is 0 Å². The topological polar surface area (TPSA) is 33.6 Å². The third kappa shape index (κ3) is 21.7. The Kier molecular flexibility index (Phi) is 20.5. The van der Waals surface area contributed by atoms with Crippen molar-refractivity contribution in [2.75, 3.05) is 20.1 Å². The normalized spacial score (nSPS) is 12.8. The molecule has 0 heterocycles. The van der Waals surface area contributed by atoms with Crippen molar-refractivity contribution < 1.29 is 17.9 Å². The van der Waals surface area contributed by atoms with Gasteiger partial charge in [0.05, 0.1) is 0 Å². The first-order valence-electron chi connectivity index (χ1n) is 11.3. The summed E-state index contributed by atoms with van der Waals surface area (Å²) in [6.07, 6.45) is 3.13. The fraction of sp³-hybridized carbons (Fsp3) is 0.640. The highest BCUT2D eigenvalue weighted by Gasteiger charge is 2.30. The van der Waals surface area contributed by atoms with Crippen molar-refractivity contribution in [1.29, 1.82) is 0 Å². The molecule has 0 amide bonds. The van der Waals surface area contributed by atoms with Gasteiger partial charge in [-0.15, -0.1) is 13.2 Å². The standard InChI is InChI=1S/C9H21N.C8H14ClN.C8H7F3O/c1-4-7-10-8-6-9(3)5-2;1-4-5-8(9)7(2)6-10-3;1-6-2-4-7(5-3-6)12-8(9,10)11/h9-10H,4-8H2,1-3H3;6H,4-5H2,1-3H3;2-5H,1H3/b;8-7+,10-6?;. The number of nitrogens with one attached hydrogen (secondary N) is 1. The predicted molar refractivity (Wildman–Crippen MR) is 133 cm³/mol. The van der Waals surface area contributed by atoms with Gasteiger partial charge in [-0.1, -0.05) is 69.8 Å². The van der Waals surface area contributed by atoms with Crippen LogP contribution in [-0.4, -0.2) is 32.7 Å². The summed E-state index contributed by atoms with van der Waals surface area (Å²) in [5, 5.41) is 4.32. The molecule has 1 aromatic rings. The molecule has 0 aromatic heterocycles. The van der Waals surface area contributed by atoms with Gasteiger partial charge in [0.1, 0.15) is 5.75 Å². The molecule has 32 heavy (non-hydrogen) atoms. The Hall–Kier alpha value is -1.53. The quantitative estimate of drug-likeness (QED) is 0.271. The summed E-state index contributed by atoms with van der Waals surface area (Å²) in [5.74, 6) is 0.706. The number of ether oxygens (including phenoxy) is 1. The van der Waals surface area contributed by atoms with Crippen LogP contribution in [-0.2, 0) is 0 Å². The number of allylic oxidation sites excluding steroid dienone is 2. The molecule has 186 valence electrons. The molecule has 3 nitrogen and oxygen atoms in total. The average molecular weight is 479 g/mol.